The average Bonchev–Trinajstić information content (AvgIpc) is 2.91. The summed E-state index contributed by atoms with van der Waals surface area (Å²) in [5.74, 6) is -1.41. The maximum absolute atomic E-state index is 11.9. The van der Waals surface area contributed by atoms with Gasteiger partial charge in [-0.1, -0.05) is 0 Å². The summed E-state index contributed by atoms with van der Waals surface area (Å²) in [6.45, 7) is 1.61. The van der Waals surface area contributed by atoms with E-state index in [1.54, 1.807) is 4.90 Å². The van der Waals surface area contributed by atoms with Gasteiger partial charge >= 0.3 is 18.0 Å². The second kappa shape index (κ2) is 7.68. The zero-order valence-corrected chi connectivity index (χ0v) is 11.5. The van der Waals surface area contributed by atoms with Gasteiger partial charge in [0.2, 0.25) is 0 Å². The van der Waals surface area contributed by atoms with Gasteiger partial charge in [0.1, 0.15) is 6.04 Å². The molecule has 1 heterocycles. The van der Waals surface area contributed by atoms with Crippen LogP contribution in [0, 0.1) is 5.92 Å². The summed E-state index contributed by atoms with van der Waals surface area (Å²) in [6.07, 6.45) is 0.769. The predicted octanol–water partition coefficient (Wildman–Crippen LogP) is -0.617. The van der Waals surface area contributed by atoms with E-state index >= 15 is 0 Å². The Morgan fingerprint density at radius 1 is 1.50 bits per heavy atom. The number of hydrogen-bond acceptors (Lipinski definition) is 5. The van der Waals surface area contributed by atoms with Crippen LogP contribution in [-0.4, -0.2) is 60.8 Å². The molecule has 0 spiro atoms. The predicted molar refractivity (Wildman–Crippen MR) is 69.9 cm³/mol. The van der Waals surface area contributed by atoms with Crippen molar-refractivity contribution >= 4 is 18.0 Å². The van der Waals surface area contributed by atoms with E-state index in [-0.39, 0.29) is 18.8 Å². The molecule has 0 aliphatic carbocycles. The van der Waals surface area contributed by atoms with Crippen molar-refractivity contribution in [3.8, 4) is 0 Å². The fourth-order valence-electron chi connectivity index (χ4n) is 2.07. The molecule has 1 saturated heterocycles. The molecule has 8 nitrogen and oxygen atoms in total. The maximum Gasteiger partial charge on any atom is 0.326 e. The van der Waals surface area contributed by atoms with Crippen LogP contribution in [0.3, 0.4) is 0 Å². The summed E-state index contributed by atoms with van der Waals surface area (Å²) in [4.78, 5) is 35.6. The third-order valence-corrected chi connectivity index (χ3v) is 3.37. The van der Waals surface area contributed by atoms with E-state index in [1.807, 2.05) is 0 Å². The van der Waals surface area contributed by atoms with Crippen molar-refractivity contribution in [2.75, 3.05) is 26.7 Å². The SMILES string of the molecule is COC(=O)CC[C@@H](NC(=O)N1CCC(CN)C1)C(=O)O. The highest BCUT2D eigenvalue weighted by atomic mass is 16.5. The molecule has 2 amide bonds. The van der Waals surface area contributed by atoms with Crippen LogP contribution in [0.4, 0.5) is 4.79 Å². The van der Waals surface area contributed by atoms with Crippen molar-refractivity contribution < 1.29 is 24.2 Å². The highest BCUT2D eigenvalue weighted by molar-refractivity contribution is 5.83. The third-order valence-electron chi connectivity index (χ3n) is 3.37. The highest BCUT2D eigenvalue weighted by Gasteiger charge is 2.28. The first-order chi connectivity index (χ1) is 9.47. The molecule has 8 heteroatoms. The van der Waals surface area contributed by atoms with Gasteiger partial charge in [0, 0.05) is 19.5 Å². The number of esters is 1. The average molecular weight is 287 g/mol. The van der Waals surface area contributed by atoms with Gasteiger partial charge in [-0.05, 0) is 25.3 Å². The lowest BCUT2D eigenvalue weighted by Gasteiger charge is -2.20. The number of rotatable bonds is 6. The molecule has 1 aliphatic heterocycles. The molecule has 0 aromatic carbocycles. The van der Waals surface area contributed by atoms with Crippen LogP contribution in [0.5, 0.6) is 0 Å². The van der Waals surface area contributed by atoms with E-state index in [9.17, 15) is 14.4 Å². The second-order valence-corrected chi connectivity index (χ2v) is 4.79. The van der Waals surface area contributed by atoms with Crippen molar-refractivity contribution in [3.05, 3.63) is 0 Å². The Hall–Kier alpha value is -1.83. The number of carboxylic acid groups (broad SMARTS) is 1. The van der Waals surface area contributed by atoms with Gasteiger partial charge in [-0.25, -0.2) is 9.59 Å². The van der Waals surface area contributed by atoms with Crippen LogP contribution in [0.15, 0.2) is 0 Å². The van der Waals surface area contributed by atoms with Gasteiger partial charge in [0.15, 0.2) is 0 Å². The molecule has 1 fully saturated rings. The van der Waals surface area contributed by atoms with Crippen LogP contribution < -0.4 is 11.1 Å². The van der Waals surface area contributed by atoms with Gasteiger partial charge in [-0.15, -0.1) is 0 Å². The molecule has 0 aromatic rings. The number of carboxylic acids is 1. The van der Waals surface area contributed by atoms with Crippen LogP contribution in [-0.2, 0) is 14.3 Å². The quantitative estimate of drug-likeness (QED) is 0.560. The zero-order valence-electron chi connectivity index (χ0n) is 11.5. The van der Waals surface area contributed by atoms with Gasteiger partial charge in [0.05, 0.1) is 7.11 Å². The Morgan fingerprint density at radius 2 is 2.20 bits per heavy atom. The number of methoxy groups -OCH3 is 1. The number of carbonyl (C=O) groups excluding carboxylic acids is 2. The molecule has 114 valence electrons. The normalized spacial score (nSPS) is 19.5. The van der Waals surface area contributed by atoms with E-state index in [1.165, 1.54) is 7.11 Å². The molecule has 1 unspecified atom stereocenters. The molecule has 1 rings (SSSR count). The number of carbonyl (C=O) groups is 3. The van der Waals surface area contributed by atoms with Crippen molar-refractivity contribution in [3.63, 3.8) is 0 Å². The summed E-state index contributed by atoms with van der Waals surface area (Å²) in [5.41, 5.74) is 5.54. The van der Waals surface area contributed by atoms with Crippen molar-refractivity contribution in [1.29, 1.82) is 0 Å². The number of nitrogens with two attached hydrogens (primary N) is 1. The Balaban J connectivity index is 2.47. The fraction of sp³-hybridized carbons (Fsp3) is 0.750. The first-order valence-corrected chi connectivity index (χ1v) is 6.53. The largest absolute Gasteiger partial charge is 0.480 e. The minimum atomic E-state index is -1.17. The molecular formula is C12H21N3O5. The van der Waals surface area contributed by atoms with Crippen molar-refractivity contribution in [2.24, 2.45) is 11.7 Å². The number of aliphatic carboxylic acids is 1. The molecule has 0 saturated carbocycles. The zero-order chi connectivity index (χ0) is 15.1. The van der Waals surface area contributed by atoms with E-state index in [4.69, 9.17) is 10.8 Å². The Kier molecular flexibility index (Phi) is 6.23. The van der Waals surface area contributed by atoms with Gasteiger partial charge in [-0.2, -0.15) is 0 Å². The summed E-state index contributed by atoms with van der Waals surface area (Å²) in [5, 5.41) is 11.5. The number of nitrogens with one attached hydrogen (secondary N) is 1. The Labute approximate surface area is 117 Å². The number of amides is 2. The Bertz CT molecular complexity index is 374. The molecule has 0 bridgehead atoms. The number of urea groups is 1. The molecule has 1 aliphatic rings. The fourth-order valence-corrected chi connectivity index (χ4v) is 2.07. The molecule has 0 aromatic heterocycles. The van der Waals surface area contributed by atoms with Gasteiger partial charge in [-0.3, -0.25) is 4.79 Å². The van der Waals surface area contributed by atoms with Crippen LogP contribution in [0.2, 0.25) is 0 Å². The molecular weight excluding hydrogens is 266 g/mol. The van der Waals surface area contributed by atoms with E-state index in [0.29, 0.717) is 19.6 Å². The van der Waals surface area contributed by atoms with Crippen LogP contribution in [0.25, 0.3) is 0 Å². The topological polar surface area (TPSA) is 122 Å². The first kappa shape index (κ1) is 16.2. The molecule has 20 heavy (non-hydrogen) atoms. The third kappa shape index (κ3) is 4.69. The summed E-state index contributed by atoms with van der Waals surface area (Å²) < 4.78 is 4.44. The summed E-state index contributed by atoms with van der Waals surface area (Å²) >= 11 is 0. The van der Waals surface area contributed by atoms with Crippen molar-refractivity contribution in [1.82, 2.24) is 10.2 Å². The van der Waals surface area contributed by atoms with E-state index in [2.05, 4.69) is 10.1 Å². The molecule has 0 radical (unpaired) electrons. The lowest BCUT2D eigenvalue weighted by molar-refractivity contribution is -0.142. The number of hydrogen-bond donors (Lipinski definition) is 3. The summed E-state index contributed by atoms with van der Waals surface area (Å²) in [6, 6.07) is -1.53. The number of ether oxygens (including phenoxy) is 1. The van der Waals surface area contributed by atoms with E-state index < -0.39 is 24.0 Å². The first-order valence-electron chi connectivity index (χ1n) is 6.53. The highest BCUT2D eigenvalue weighted by Crippen LogP contribution is 2.15. The number of nitrogens with zero attached hydrogens (tertiary/aromatic N) is 1. The lowest BCUT2D eigenvalue weighted by Crippen LogP contribution is -2.47. The monoisotopic (exact) mass is 287 g/mol. The standard InChI is InChI=1S/C12H21N3O5/c1-20-10(16)3-2-9(11(17)18)14-12(19)15-5-4-8(6-13)7-15/h8-9H,2-7,13H2,1H3,(H,14,19)(H,17,18)/t8?,9-/m1/s1. The molecule has 2 atom stereocenters. The van der Waals surface area contributed by atoms with Gasteiger partial charge in [0.25, 0.3) is 0 Å². The minimum Gasteiger partial charge on any atom is -0.480 e. The second-order valence-electron chi connectivity index (χ2n) is 4.79. The van der Waals surface area contributed by atoms with Crippen LogP contribution >= 0.6 is 0 Å². The summed E-state index contributed by atoms with van der Waals surface area (Å²) in [7, 11) is 1.23. The maximum atomic E-state index is 11.9. The Morgan fingerprint density at radius 3 is 2.70 bits per heavy atom. The lowest BCUT2D eigenvalue weighted by atomic mass is 10.1. The van der Waals surface area contributed by atoms with E-state index in [0.717, 1.165) is 6.42 Å². The van der Waals surface area contributed by atoms with Crippen LogP contribution in [0.1, 0.15) is 19.3 Å². The van der Waals surface area contributed by atoms with Crippen molar-refractivity contribution in [2.45, 2.75) is 25.3 Å². The van der Waals surface area contributed by atoms with Gasteiger partial charge < -0.3 is 25.8 Å². The smallest absolute Gasteiger partial charge is 0.326 e. The number of likely N-dealkylation sites (tertiary alicyclic amines) is 1. The minimum absolute atomic E-state index is 0.00189. The molecule has 4 N–H and O–H groups in total.